The third-order valence-electron chi connectivity index (χ3n) is 4.00. The van der Waals surface area contributed by atoms with Crippen LogP contribution in [-0.2, 0) is 9.47 Å². The third-order valence-corrected chi connectivity index (χ3v) is 5.45. The normalized spacial score (nSPS) is 11.8. The van der Waals surface area contributed by atoms with Crippen LogP contribution >= 0.6 is 22.9 Å². The number of rotatable bonds is 6. The monoisotopic (exact) mass is 440 g/mol. The van der Waals surface area contributed by atoms with Crippen LogP contribution in [-0.4, -0.2) is 36.3 Å². The maximum Gasteiger partial charge on any atom is 0.348 e. The number of carbonyl (C=O) groups is 1. The molecule has 29 heavy (non-hydrogen) atoms. The first-order chi connectivity index (χ1) is 13.8. The molecule has 2 heterocycles. The predicted molar refractivity (Wildman–Crippen MR) is 107 cm³/mol. The predicted octanol–water partition coefficient (Wildman–Crippen LogP) is 4.11. The summed E-state index contributed by atoms with van der Waals surface area (Å²) in [6, 6.07) is 3.65. The largest absolute Gasteiger partial charge is 0.459 e. The molecule has 0 aliphatic heterocycles. The first-order valence-electron chi connectivity index (χ1n) is 8.34. The average molecular weight is 441 g/mol. The maximum absolute atomic E-state index is 13.9. The Hall–Kier alpha value is -2.62. The van der Waals surface area contributed by atoms with Gasteiger partial charge in [-0.25, -0.2) is 18.6 Å². The molecule has 0 bridgehead atoms. The Morgan fingerprint density at radius 1 is 1.34 bits per heavy atom. The second-order valence-corrected chi connectivity index (χ2v) is 7.32. The van der Waals surface area contributed by atoms with Gasteiger partial charge < -0.3 is 14.5 Å². The summed E-state index contributed by atoms with van der Waals surface area (Å²) in [6.07, 6.45) is 1.16. The van der Waals surface area contributed by atoms with Crippen molar-refractivity contribution in [3.63, 3.8) is 0 Å². The van der Waals surface area contributed by atoms with Crippen molar-refractivity contribution in [3.8, 4) is 0 Å². The van der Waals surface area contributed by atoms with E-state index in [1.54, 1.807) is 6.92 Å². The van der Waals surface area contributed by atoms with Crippen LogP contribution in [0.5, 0.6) is 0 Å². The lowest BCUT2D eigenvalue weighted by atomic mass is 10.2. The molecule has 0 amide bonds. The molecule has 0 saturated heterocycles. The minimum Gasteiger partial charge on any atom is -0.459 e. The molecule has 2 aromatic heterocycles. The summed E-state index contributed by atoms with van der Waals surface area (Å²) in [5, 5.41) is 0.141. The number of methoxy groups -OCH3 is 1. The van der Waals surface area contributed by atoms with Gasteiger partial charge in [0.25, 0.3) is 5.56 Å². The van der Waals surface area contributed by atoms with Gasteiger partial charge in [-0.1, -0.05) is 23.7 Å². The number of thiophene rings is 1. The number of nitrogens with zero attached hydrogens (tertiary/aromatic N) is 1. The van der Waals surface area contributed by atoms with Gasteiger partial charge in [0.2, 0.25) is 0 Å². The number of aromatic amines is 1. The lowest BCUT2D eigenvalue weighted by Crippen LogP contribution is -2.11. The number of H-pyrrole nitrogens is 1. The summed E-state index contributed by atoms with van der Waals surface area (Å²) in [4.78, 5) is 32.0. The van der Waals surface area contributed by atoms with E-state index in [1.165, 1.54) is 19.2 Å². The SMILES string of the molecule is COCCOC(=O)c1sc2nc(/C(Cl)=C/c3cccc(F)c3F)[nH]c(=O)c2c1C. The number of ether oxygens (including phenoxy) is 2. The minimum absolute atomic E-state index is 0.0339. The zero-order chi connectivity index (χ0) is 21.1. The molecule has 0 unspecified atom stereocenters. The molecule has 1 N–H and O–H groups in total. The third kappa shape index (κ3) is 4.36. The highest BCUT2D eigenvalue weighted by Gasteiger charge is 2.21. The molecule has 6 nitrogen and oxygen atoms in total. The van der Waals surface area contributed by atoms with Crippen LogP contribution in [0.3, 0.4) is 0 Å². The Balaban J connectivity index is 2.01. The van der Waals surface area contributed by atoms with E-state index in [2.05, 4.69) is 9.97 Å². The van der Waals surface area contributed by atoms with E-state index >= 15 is 0 Å². The summed E-state index contributed by atoms with van der Waals surface area (Å²) < 4.78 is 37.1. The number of fused-ring (bicyclic) bond motifs is 1. The van der Waals surface area contributed by atoms with E-state index in [1.807, 2.05) is 0 Å². The Kier molecular flexibility index (Phi) is 6.41. The molecule has 0 fully saturated rings. The molecule has 3 rings (SSSR count). The van der Waals surface area contributed by atoms with E-state index in [0.29, 0.717) is 5.56 Å². The van der Waals surface area contributed by atoms with Crippen LogP contribution in [0.25, 0.3) is 21.3 Å². The highest BCUT2D eigenvalue weighted by molar-refractivity contribution is 7.20. The molecule has 0 aliphatic rings. The standard InChI is InChI=1S/C19H15ClF2N2O4S/c1-9-13-17(25)23-16(11(20)8-10-4-3-5-12(21)14(10)22)24-18(13)29-15(9)19(26)28-7-6-27-2/h3-5,8H,6-7H2,1-2H3,(H,23,24,25)/b11-8-. The van der Waals surface area contributed by atoms with Crippen LogP contribution in [0, 0.1) is 18.6 Å². The maximum atomic E-state index is 13.9. The van der Waals surface area contributed by atoms with Gasteiger partial charge in [0.1, 0.15) is 16.3 Å². The van der Waals surface area contributed by atoms with Gasteiger partial charge in [0.15, 0.2) is 17.5 Å². The fraction of sp³-hybridized carbons (Fsp3) is 0.211. The van der Waals surface area contributed by atoms with Gasteiger partial charge in [0, 0.05) is 12.7 Å². The van der Waals surface area contributed by atoms with Gasteiger partial charge in [0.05, 0.1) is 17.0 Å². The van der Waals surface area contributed by atoms with Gasteiger partial charge in [-0.2, -0.15) is 0 Å². The Bertz CT molecular complexity index is 1170. The molecule has 0 atom stereocenters. The van der Waals surface area contributed by atoms with Crippen molar-refractivity contribution in [2.75, 3.05) is 20.3 Å². The molecule has 1 aromatic carbocycles. The molecule has 152 valence electrons. The first-order valence-corrected chi connectivity index (χ1v) is 9.54. The van der Waals surface area contributed by atoms with Crippen molar-refractivity contribution >= 4 is 50.2 Å². The molecular weight excluding hydrogens is 426 g/mol. The lowest BCUT2D eigenvalue weighted by molar-refractivity contribution is 0.0393. The Morgan fingerprint density at radius 3 is 2.83 bits per heavy atom. The van der Waals surface area contributed by atoms with Crippen molar-refractivity contribution in [2.24, 2.45) is 0 Å². The zero-order valence-corrected chi connectivity index (χ0v) is 16.9. The lowest BCUT2D eigenvalue weighted by Gasteiger charge is -2.02. The number of esters is 1. The number of hydrogen-bond acceptors (Lipinski definition) is 6. The van der Waals surface area contributed by atoms with Crippen molar-refractivity contribution < 1.29 is 23.0 Å². The summed E-state index contributed by atoms with van der Waals surface area (Å²) in [5.41, 5.74) is -0.174. The van der Waals surface area contributed by atoms with Gasteiger partial charge in [-0.05, 0) is 24.6 Å². The van der Waals surface area contributed by atoms with E-state index in [9.17, 15) is 18.4 Å². The first kappa shape index (κ1) is 21.1. The quantitative estimate of drug-likeness (QED) is 0.461. The average Bonchev–Trinajstić information content (AvgIpc) is 3.02. The zero-order valence-electron chi connectivity index (χ0n) is 15.3. The van der Waals surface area contributed by atoms with Crippen molar-refractivity contribution in [3.05, 3.63) is 62.0 Å². The molecule has 0 aliphatic carbocycles. The van der Waals surface area contributed by atoms with Crippen LogP contribution < -0.4 is 5.56 Å². The summed E-state index contributed by atoms with van der Waals surface area (Å²) in [7, 11) is 1.48. The van der Waals surface area contributed by atoms with Crippen molar-refractivity contribution in [2.45, 2.75) is 6.92 Å². The molecular formula is C19H15ClF2N2O4S. The summed E-state index contributed by atoms with van der Waals surface area (Å²) in [5.74, 6) is -2.71. The number of carbonyl (C=O) groups excluding carboxylic acids is 1. The van der Waals surface area contributed by atoms with E-state index < -0.39 is 23.2 Å². The topological polar surface area (TPSA) is 81.3 Å². The van der Waals surface area contributed by atoms with Crippen LogP contribution in [0.15, 0.2) is 23.0 Å². The number of nitrogens with one attached hydrogen (secondary N) is 1. The van der Waals surface area contributed by atoms with E-state index in [4.69, 9.17) is 21.1 Å². The highest BCUT2D eigenvalue weighted by Crippen LogP contribution is 2.29. The summed E-state index contributed by atoms with van der Waals surface area (Å²) in [6.45, 7) is 1.93. The minimum atomic E-state index is -1.07. The summed E-state index contributed by atoms with van der Waals surface area (Å²) >= 11 is 7.15. The molecule has 10 heteroatoms. The highest BCUT2D eigenvalue weighted by atomic mass is 35.5. The van der Waals surface area contributed by atoms with Crippen LogP contribution in [0.2, 0.25) is 0 Å². The molecule has 0 saturated carbocycles. The number of halogens is 3. The number of benzene rings is 1. The smallest absolute Gasteiger partial charge is 0.348 e. The van der Waals surface area contributed by atoms with E-state index in [0.717, 1.165) is 23.5 Å². The van der Waals surface area contributed by atoms with Crippen LogP contribution in [0.1, 0.15) is 26.6 Å². The second-order valence-electron chi connectivity index (χ2n) is 5.91. The molecule has 3 aromatic rings. The second kappa shape index (κ2) is 8.81. The fourth-order valence-electron chi connectivity index (χ4n) is 2.57. The number of aromatic nitrogens is 2. The van der Waals surface area contributed by atoms with Crippen LogP contribution in [0.4, 0.5) is 8.78 Å². The van der Waals surface area contributed by atoms with Gasteiger partial charge in [-0.15, -0.1) is 11.3 Å². The Morgan fingerprint density at radius 2 is 2.10 bits per heavy atom. The molecule has 0 spiro atoms. The van der Waals surface area contributed by atoms with Gasteiger partial charge in [-0.3, -0.25) is 4.79 Å². The van der Waals surface area contributed by atoms with Crippen molar-refractivity contribution in [1.29, 1.82) is 0 Å². The number of hydrogen-bond donors (Lipinski definition) is 1. The van der Waals surface area contributed by atoms with E-state index in [-0.39, 0.29) is 44.7 Å². The van der Waals surface area contributed by atoms with Gasteiger partial charge >= 0.3 is 5.97 Å². The Labute approximate surface area is 172 Å². The number of aryl methyl sites for hydroxylation is 1. The molecule has 0 radical (unpaired) electrons. The fourth-order valence-corrected chi connectivity index (χ4v) is 3.85. The van der Waals surface area contributed by atoms with Crippen molar-refractivity contribution in [1.82, 2.24) is 9.97 Å².